The highest BCUT2D eigenvalue weighted by atomic mass is 16.6. The maximum absolute atomic E-state index is 11.7. The Morgan fingerprint density at radius 3 is 2.52 bits per heavy atom. The molecule has 9 atom stereocenters. The van der Waals surface area contributed by atoms with Gasteiger partial charge in [-0.15, -0.1) is 0 Å². The maximum Gasteiger partial charge on any atom is 0.203 e. The first-order chi connectivity index (χ1) is 11.6. The molecule has 0 radical (unpaired) electrons. The molecule has 25 heavy (non-hydrogen) atoms. The third-order valence-electron chi connectivity index (χ3n) is 9.01. The highest BCUT2D eigenvalue weighted by Crippen LogP contribution is 2.77. The van der Waals surface area contributed by atoms with Gasteiger partial charge in [0, 0.05) is 17.3 Å². The van der Waals surface area contributed by atoms with Gasteiger partial charge in [0.2, 0.25) is 5.79 Å². The maximum atomic E-state index is 11.7. The number of hydrogen-bond acceptors (Lipinski definition) is 5. The molecule has 4 aliphatic carbocycles. The van der Waals surface area contributed by atoms with Gasteiger partial charge in [-0.05, 0) is 42.6 Å². The summed E-state index contributed by atoms with van der Waals surface area (Å²) in [6, 6.07) is 0. The fourth-order valence-corrected chi connectivity index (χ4v) is 8.25. The molecule has 2 heterocycles. The largest absolute Gasteiger partial charge is 0.392 e. The van der Waals surface area contributed by atoms with Crippen LogP contribution in [0.2, 0.25) is 0 Å². The highest BCUT2D eigenvalue weighted by Gasteiger charge is 2.85. The number of aliphatic hydroxyl groups excluding tert-OH is 3. The topological polar surface area (TPSA) is 90.2 Å². The molecule has 140 valence electrons. The van der Waals surface area contributed by atoms with Gasteiger partial charge < -0.3 is 25.2 Å². The van der Waals surface area contributed by atoms with Gasteiger partial charge in [-0.2, -0.15) is 0 Å². The van der Waals surface area contributed by atoms with E-state index in [-0.39, 0.29) is 28.6 Å². The van der Waals surface area contributed by atoms with Gasteiger partial charge >= 0.3 is 0 Å². The monoisotopic (exact) mass is 350 g/mol. The molecule has 6 rings (SSSR count). The van der Waals surface area contributed by atoms with Gasteiger partial charge in [-0.3, -0.25) is 0 Å². The van der Waals surface area contributed by atoms with Gasteiger partial charge in [0.15, 0.2) is 0 Å². The Morgan fingerprint density at radius 1 is 1.08 bits per heavy atom. The summed E-state index contributed by atoms with van der Waals surface area (Å²) in [4.78, 5) is 0. The zero-order valence-corrected chi connectivity index (χ0v) is 15.1. The van der Waals surface area contributed by atoms with Crippen LogP contribution in [-0.2, 0) is 4.74 Å². The minimum atomic E-state index is -1.92. The van der Waals surface area contributed by atoms with E-state index in [0.717, 1.165) is 32.1 Å². The van der Waals surface area contributed by atoms with Crippen LogP contribution in [0.15, 0.2) is 12.2 Å². The predicted octanol–water partition coefficient (Wildman–Crippen LogP) is 1.20. The molecule has 1 unspecified atom stereocenters. The zero-order chi connectivity index (χ0) is 18.0. The third-order valence-corrected chi connectivity index (χ3v) is 9.01. The average molecular weight is 350 g/mol. The molecule has 2 saturated heterocycles. The van der Waals surface area contributed by atoms with Crippen molar-refractivity contribution in [2.75, 3.05) is 6.61 Å². The zero-order valence-electron chi connectivity index (χ0n) is 15.1. The molecule has 2 spiro atoms. The normalized spacial score (nSPS) is 61.8. The summed E-state index contributed by atoms with van der Waals surface area (Å²) in [7, 11) is 0. The van der Waals surface area contributed by atoms with E-state index in [1.807, 2.05) is 0 Å². The standard InChI is InChI=1S/C20H30O5/c1-10-11-5-6-12-18-8-4-7-17(2,3)13(18)16(23)20(24,25-9-18)19(12,14(10)21)15(11)22/h11-16,21-24H,1,4-9H2,2-3H3/t11-,12-,13+,14+,15?,16-,18+,19-,20+/m0/s1. The lowest BCUT2D eigenvalue weighted by Gasteiger charge is -2.75. The van der Waals surface area contributed by atoms with Gasteiger partial charge in [-0.25, -0.2) is 0 Å². The summed E-state index contributed by atoms with van der Waals surface area (Å²) in [5, 5.41) is 45.3. The predicted molar refractivity (Wildman–Crippen MR) is 90.3 cm³/mol. The highest BCUT2D eigenvalue weighted by molar-refractivity contribution is 5.37. The van der Waals surface area contributed by atoms with E-state index in [4.69, 9.17) is 4.74 Å². The second-order valence-electron chi connectivity index (χ2n) is 10.1. The lowest BCUT2D eigenvalue weighted by atomic mass is 9.36. The molecule has 0 amide bonds. The number of rotatable bonds is 0. The minimum Gasteiger partial charge on any atom is -0.392 e. The molecule has 4 saturated carbocycles. The molecular formula is C20H30O5. The quantitative estimate of drug-likeness (QED) is 0.493. The first kappa shape index (κ1) is 16.7. The Hall–Kier alpha value is -0.460. The van der Waals surface area contributed by atoms with Gasteiger partial charge in [0.25, 0.3) is 0 Å². The van der Waals surface area contributed by atoms with Crippen molar-refractivity contribution in [2.45, 2.75) is 70.1 Å². The number of fused-ring (bicyclic) bond motifs is 2. The summed E-state index contributed by atoms with van der Waals surface area (Å²) in [6.07, 6.45) is 1.51. The van der Waals surface area contributed by atoms with E-state index in [0.29, 0.717) is 12.2 Å². The molecule has 2 aliphatic heterocycles. The Labute approximate surface area is 148 Å². The smallest absolute Gasteiger partial charge is 0.203 e. The summed E-state index contributed by atoms with van der Waals surface area (Å²) in [5.74, 6) is -2.30. The van der Waals surface area contributed by atoms with Crippen molar-refractivity contribution in [3.8, 4) is 0 Å². The molecule has 0 aromatic rings. The summed E-state index contributed by atoms with van der Waals surface area (Å²) in [5.41, 5.74) is -1.08. The van der Waals surface area contributed by atoms with E-state index in [2.05, 4.69) is 20.4 Å². The molecule has 6 aliphatic rings. The van der Waals surface area contributed by atoms with Crippen LogP contribution in [0.25, 0.3) is 0 Å². The van der Waals surface area contributed by atoms with Gasteiger partial charge in [0.05, 0.1) is 24.2 Å². The van der Waals surface area contributed by atoms with Crippen LogP contribution in [-0.4, -0.2) is 51.1 Å². The Balaban J connectivity index is 1.78. The van der Waals surface area contributed by atoms with Gasteiger partial charge in [0.1, 0.15) is 6.10 Å². The molecule has 6 fully saturated rings. The fraction of sp³-hybridized carbons (Fsp3) is 0.900. The fourth-order valence-electron chi connectivity index (χ4n) is 8.25. The minimum absolute atomic E-state index is 0.0628. The van der Waals surface area contributed by atoms with Crippen LogP contribution in [0.5, 0.6) is 0 Å². The molecule has 4 N–H and O–H groups in total. The van der Waals surface area contributed by atoms with Crippen LogP contribution in [0, 0.1) is 34.0 Å². The van der Waals surface area contributed by atoms with E-state index >= 15 is 0 Å². The summed E-state index contributed by atoms with van der Waals surface area (Å²) < 4.78 is 5.95. The van der Waals surface area contributed by atoms with Crippen molar-refractivity contribution in [2.24, 2.45) is 34.0 Å². The van der Waals surface area contributed by atoms with Crippen molar-refractivity contribution in [1.82, 2.24) is 0 Å². The van der Waals surface area contributed by atoms with Crippen molar-refractivity contribution >= 4 is 0 Å². The number of ether oxygens (including phenoxy) is 1. The van der Waals surface area contributed by atoms with Crippen LogP contribution >= 0.6 is 0 Å². The summed E-state index contributed by atoms with van der Waals surface area (Å²) in [6.45, 7) is 8.77. The number of hydrogen-bond donors (Lipinski definition) is 4. The molecule has 5 nitrogen and oxygen atoms in total. The first-order valence-corrected chi connectivity index (χ1v) is 9.74. The van der Waals surface area contributed by atoms with E-state index in [1.165, 1.54) is 0 Å². The Morgan fingerprint density at radius 2 is 1.80 bits per heavy atom. The second-order valence-corrected chi connectivity index (χ2v) is 10.1. The van der Waals surface area contributed by atoms with E-state index in [1.54, 1.807) is 0 Å². The number of aliphatic hydroxyl groups is 4. The van der Waals surface area contributed by atoms with Crippen molar-refractivity contribution in [1.29, 1.82) is 0 Å². The second kappa shape index (κ2) is 4.50. The van der Waals surface area contributed by atoms with Crippen molar-refractivity contribution in [3.63, 3.8) is 0 Å². The summed E-state index contributed by atoms with van der Waals surface area (Å²) >= 11 is 0. The molecule has 5 heteroatoms. The third kappa shape index (κ3) is 1.46. The van der Waals surface area contributed by atoms with Crippen molar-refractivity contribution in [3.05, 3.63) is 12.2 Å². The van der Waals surface area contributed by atoms with Crippen LogP contribution < -0.4 is 0 Å². The lowest BCUT2D eigenvalue weighted by molar-refractivity contribution is -0.468. The SMILES string of the molecule is C=C1[C@@H](O)[C@]23C(O)[C@H]1CC[C@H]2[C@]12CCCC(C)(C)[C@H]1[C@H](O)[C@@]3(O)OC2. The Kier molecular flexibility index (Phi) is 3.01. The van der Waals surface area contributed by atoms with Crippen LogP contribution in [0.3, 0.4) is 0 Å². The average Bonchev–Trinajstić information content (AvgIpc) is 2.66. The first-order valence-electron chi connectivity index (χ1n) is 9.74. The van der Waals surface area contributed by atoms with Crippen molar-refractivity contribution < 1.29 is 25.2 Å². The van der Waals surface area contributed by atoms with E-state index in [9.17, 15) is 20.4 Å². The molecule has 0 aromatic carbocycles. The Bertz CT molecular complexity index is 646. The van der Waals surface area contributed by atoms with Gasteiger partial charge in [-0.1, -0.05) is 26.8 Å². The molecule has 4 bridgehead atoms. The van der Waals surface area contributed by atoms with E-state index < -0.39 is 29.5 Å². The van der Waals surface area contributed by atoms with Crippen LogP contribution in [0.4, 0.5) is 0 Å². The van der Waals surface area contributed by atoms with Crippen LogP contribution in [0.1, 0.15) is 46.0 Å². The molecule has 0 aromatic heterocycles. The lowest BCUT2D eigenvalue weighted by Crippen LogP contribution is -2.84. The molecular weight excluding hydrogens is 320 g/mol.